The molecule has 0 heterocycles. The number of alkyl halides is 1. The molecule has 0 saturated carbocycles. The van der Waals surface area contributed by atoms with E-state index in [0.29, 0.717) is 6.42 Å². The highest BCUT2D eigenvalue weighted by atomic mass is 19.1. The van der Waals surface area contributed by atoms with Gasteiger partial charge in [-0.3, -0.25) is 4.39 Å². The molecule has 1 N–H and O–H groups in total. The SMILES string of the molecule is [3H]OCCCF. The molecule has 0 saturated heterocycles. The van der Waals surface area contributed by atoms with Gasteiger partial charge in [-0.05, 0) is 6.42 Å². The molecule has 1 nitrogen and oxygen atoms in total. The van der Waals surface area contributed by atoms with Crippen LogP contribution < -0.4 is 0 Å². The average molecular weight is 80.1 g/mol. The first-order valence-electron chi connectivity index (χ1n) is 1.96. The molecule has 0 amide bonds. The van der Waals surface area contributed by atoms with Crippen molar-refractivity contribution in [2.24, 2.45) is 0 Å². The van der Waals surface area contributed by atoms with Gasteiger partial charge in [-0.1, -0.05) is 0 Å². The van der Waals surface area contributed by atoms with Crippen molar-refractivity contribution in [3.63, 3.8) is 0 Å². The molecule has 2 heteroatoms. The molecule has 0 aliphatic rings. The molecule has 5 heavy (non-hydrogen) atoms. The van der Waals surface area contributed by atoms with Crippen molar-refractivity contribution in [1.29, 1.82) is 1.43 Å². The van der Waals surface area contributed by atoms with Crippen molar-refractivity contribution in [3.05, 3.63) is 0 Å². The standard InChI is InChI=1S/C3H7FO/c4-2-1-3-5/h5H,1-3H2/i5T. The summed E-state index contributed by atoms with van der Waals surface area (Å²) in [6, 6.07) is 0. The Morgan fingerprint density at radius 2 is 2.80 bits per heavy atom. The van der Waals surface area contributed by atoms with Gasteiger partial charge in [0.05, 0.1) is 6.67 Å². The zero-order chi connectivity index (χ0) is 4.83. The van der Waals surface area contributed by atoms with E-state index >= 15 is 0 Å². The maximum atomic E-state index is 11.0. The smallest absolute Gasteiger partial charge is 0.210 e. The van der Waals surface area contributed by atoms with E-state index < -0.39 is 6.67 Å². The molecule has 0 spiro atoms. The maximum Gasteiger partial charge on any atom is 0.210 e. The van der Waals surface area contributed by atoms with Gasteiger partial charge in [0.2, 0.25) is 1.43 Å². The number of aliphatic hydroxyl groups excluding tert-OH is 1. The first-order valence-corrected chi connectivity index (χ1v) is 1.56. The highest BCUT2D eigenvalue weighted by Crippen LogP contribution is 1.72. The minimum Gasteiger partial charge on any atom is -0.396 e. The van der Waals surface area contributed by atoms with E-state index in [2.05, 4.69) is 5.11 Å². The van der Waals surface area contributed by atoms with Crippen LogP contribution in [0.1, 0.15) is 6.42 Å². The average Bonchev–Trinajstić information content (AvgIpc) is 1.61. The van der Waals surface area contributed by atoms with Gasteiger partial charge in [0.25, 0.3) is 0 Å². The summed E-state index contributed by atoms with van der Waals surface area (Å²) in [6.07, 6.45) is 0.337. The molecule has 0 atom stereocenters. The predicted molar refractivity (Wildman–Crippen MR) is 17.7 cm³/mol. The van der Waals surface area contributed by atoms with Crippen LogP contribution in [0.2, 0.25) is 0 Å². The Labute approximate surface area is 31.9 Å². The van der Waals surface area contributed by atoms with Crippen LogP contribution in [0.25, 0.3) is 0 Å². The van der Waals surface area contributed by atoms with Crippen LogP contribution in [0.5, 0.6) is 0 Å². The first kappa shape index (κ1) is 3.09. The molecule has 0 rings (SSSR count). The molecule has 0 aromatic rings. The van der Waals surface area contributed by atoms with Gasteiger partial charge in [0.15, 0.2) is 0 Å². The fourth-order valence-electron chi connectivity index (χ4n) is 0.0546. The first-order chi connectivity index (χ1) is 2.91. The number of hydrogen-bond acceptors (Lipinski definition) is 1. The van der Waals surface area contributed by atoms with Gasteiger partial charge >= 0.3 is 0 Å². The Bertz CT molecular complexity index is 22.8. The summed E-state index contributed by atoms with van der Waals surface area (Å²) >= 11 is 0. The lowest BCUT2D eigenvalue weighted by molar-refractivity contribution is 0.269. The number of aliphatic hydroxyl groups is 1. The minimum absolute atomic E-state index is 0.205. The van der Waals surface area contributed by atoms with Crippen molar-refractivity contribution in [2.45, 2.75) is 6.42 Å². The lowest BCUT2D eigenvalue weighted by atomic mass is 10.5. The van der Waals surface area contributed by atoms with Gasteiger partial charge in [0.1, 0.15) is 0 Å². The van der Waals surface area contributed by atoms with Crippen LogP contribution >= 0.6 is 0 Å². The van der Waals surface area contributed by atoms with E-state index in [-0.39, 0.29) is 6.61 Å². The summed E-state index contributed by atoms with van der Waals surface area (Å²) in [6.45, 7) is -0.185. The Kier molecular flexibility index (Phi) is 2.41. The predicted octanol–water partition coefficient (Wildman–Crippen LogP) is 0.338. The minimum atomic E-state index is -0.390. The molecule has 0 radical (unpaired) electrons. The molecule has 0 unspecified atom stereocenters. The van der Waals surface area contributed by atoms with Crippen LogP contribution in [-0.4, -0.2) is 19.8 Å². The summed E-state index contributed by atoms with van der Waals surface area (Å²) in [5, 5.41) is 3.79. The van der Waals surface area contributed by atoms with Crippen LogP contribution in [-0.2, 0) is 0 Å². The summed E-state index contributed by atoms with van der Waals surface area (Å²) in [5.74, 6) is 0. The normalized spacial score (nSPS) is 11.0. The third kappa shape index (κ3) is 3.89. The fraction of sp³-hybridized carbons (Fsp3) is 1.00. The van der Waals surface area contributed by atoms with Gasteiger partial charge < -0.3 is 5.11 Å². The van der Waals surface area contributed by atoms with Crippen LogP contribution in [0.15, 0.2) is 0 Å². The molecular formula is C3H7FO. The second kappa shape index (κ2) is 3.89. The second-order valence-corrected chi connectivity index (χ2v) is 0.747. The molecule has 32 valence electrons. The molecule has 0 bridgehead atoms. The van der Waals surface area contributed by atoms with Crippen LogP contribution in [0.4, 0.5) is 4.39 Å². The van der Waals surface area contributed by atoms with Gasteiger partial charge in [-0.15, -0.1) is 0 Å². The van der Waals surface area contributed by atoms with Crippen LogP contribution in [0.3, 0.4) is 0 Å². The maximum absolute atomic E-state index is 11.0. The molecule has 0 aliphatic heterocycles. The van der Waals surface area contributed by atoms with Crippen molar-refractivity contribution >= 4 is 0 Å². The summed E-state index contributed by atoms with van der Waals surface area (Å²) in [5.41, 5.74) is 0. The third-order valence-corrected chi connectivity index (χ3v) is 0.278. The topological polar surface area (TPSA) is 20.2 Å². The molecule has 0 aromatic heterocycles. The Hall–Kier alpha value is -0.110. The van der Waals surface area contributed by atoms with Gasteiger partial charge in [-0.2, -0.15) is 0 Å². The Morgan fingerprint density at radius 1 is 2.00 bits per heavy atom. The number of rotatable bonds is 3. The Balaban J connectivity index is 2.34. The zero-order valence-electron chi connectivity index (χ0n) is 3.91. The number of hydrogen-bond donors (Lipinski definition) is 1. The fourth-order valence-corrected chi connectivity index (χ4v) is 0.0546. The second-order valence-electron chi connectivity index (χ2n) is 0.747. The molecule has 0 aromatic carbocycles. The van der Waals surface area contributed by atoms with Crippen molar-refractivity contribution in [1.82, 2.24) is 0 Å². The van der Waals surface area contributed by atoms with E-state index in [4.69, 9.17) is 1.43 Å². The van der Waals surface area contributed by atoms with Gasteiger partial charge in [-0.25, -0.2) is 0 Å². The zero-order valence-corrected chi connectivity index (χ0v) is 2.91. The summed E-state index contributed by atoms with van der Waals surface area (Å²) in [4.78, 5) is 0. The molecule has 0 aliphatic carbocycles. The third-order valence-electron chi connectivity index (χ3n) is 0.278. The quantitative estimate of drug-likeness (QED) is 0.484. The van der Waals surface area contributed by atoms with Crippen molar-refractivity contribution < 1.29 is 9.50 Å². The molecular weight excluding hydrogens is 71.0 g/mol. The van der Waals surface area contributed by atoms with E-state index in [9.17, 15) is 4.39 Å². The van der Waals surface area contributed by atoms with Crippen LogP contribution in [0, 0.1) is 0 Å². The van der Waals surface area contributed by atoms with Crippen molar-refractivity contribution in [2.75, 3.05) is 13.3 Å². The monoisotopic (exact) mass is 80.1 g/mol. The summed E-state index contributed by atoms with van der Waals surface area (Å²) in [7, 11) is 0. The highest BCUT2D eigenvalue weighted by Gasteiger charge is 1.72. The van der Waals surface area contributed by atoms with E-state index in [0.717, 1.165) is 0 Å². The van der Waals surface area contributed by atoms with Crippen molar-refractivity contribution in [3.8, 4) is 0 Å². The van der Waals surface area contributed by atoms with E-state index in [1.54, 1.807) is 0 Å². The lowest BCUT2D eigenvalue weighted by Gasteiger charge is -1.76. The van der Waals surface area contributed by atoms with Gasteiger partial charge in [0, 0.05) is 6.61 Å². The number of halogens is 1. The summed E-state index contributed by atoms with van der Waals surface area (Å²) < 4.78 is 17.1. The van der Waals surface area contributed by atoms with E-state index in [1.165, 1.54) is 0 Å². The Morgan fingerprint density at radius 3 is 3.00 bits per heavy atom. The lowest BCUT2D eigenvalue weighted by Crippen LogP contribution is -1.80. The molecule has 0 fully saturated rings. The highest BCUT2D eigenvalue weighted by molar-refractivity contribution is 4.22. The largest absolute Gasteiger partial charge is 0.396 e. The van der Waals surface area contributed by atoms with E-state index in [1.807, 2.05) is 0 Å².